The summed E-state index contributed by atoms with van der Waals surface area (Å²) in [7, 11) is 0. The maximum atomic E-state index is 12.5. The number of carbonyl (C=O) groups excluding carboxylic acids is 4. The number of piperidine rings is 2. The summed E-state index contributed by atoms with van der Waals surface area (Å²) in [6.07, 6.45) is 7.77. The highest BCUT2D eigenvalue weighted by Crippen LogP contribution is 2.26. The van der Waals surface area contributed by atoms with E-state index in [-0.39, 0.29) is 24.0 Å². The largest absolute Gasteiger partial charge is 0.415 e. The quantitative estimate of drug-likeness (QED) is 0.103. The van der Waals surface area contributed by atoms with Gasteiger partial charge in [0.2, 0.25) is 0 Å². The molecule has 0 aliphatic carbocycles. The first-order valence-corrected chi connectivity index (χ1v) is 21.3. The number of anilines is 2. The Morgan fingerprint density at radius 3 is 1.60 bits per heavy atom. The summed E-state index contributed by atoms with van der Waals surface area (Å²) >= 11 is 1.66. The Bertz CT molecular complexity index is 2140. The number of aromatic amines is 1. The molecule has 2 aromatic heterocycles. The van der Waals surface area contributed by atoms with E-state index in [2.05, 4.69) is 30.9 Å². The van der Waals surface area contributed by atoms with E-state index in [1.54, 1.807) is 107 Å². The van der Waals surface area contributed by atoms with Gasteiger partial charge in [0.05, 0.1) is 12.4 Å². The van der Waals surface area contributed by atoms with Gasteiger partial charge in [0, 0.05) is 54.4 Å². The maximum Gasteiger partial charge on any atom is 0.415 e. The fraction of sp³-hybridized carbons (Fsp3) is 0.267. The van der Waals surface area contributed by atoms with Crippen molar-refractivity contribution < 1.29 is 33.5 Å². The fourth-order valence-electron chi connectivity index (χ4n) is 6.67. The molecule has 320 valence electrons. The standard InChI is InChI=1S/C23H24N4O4.C22H23N5O3S/c28-22(19-5-2-1-3-6-19)25-20-7-9-21(10-8-20)31-23(29)26-15-11-18(12-16-26)17-30-27-14-4-13-24-27;28-20(17-4-2-1-3-5-17)25-18-6-8-19(9-7-18)30-22(29)27-12-10-16(11-13-27)14-31-21-23-15-24-26-21/h1-10,13-14,18H,11-12,15-17H2,(H,25,28);1-9,15-16H,10-14H2,(H,25,28)(H,23,24,26). The summed E-state index contributed by atoms with van der Waals surface area (Å²) in [5.41, 5.74) is 2.43. The van der Waals surface area contributed by atoms with Crippen LogP contribution in [0.3, 0.4) is 0 Å². The number of aromatic nitrogens is 5. The molecule has 6 aromatic rings. The molecule has 62 heavy (non-hydrogen) atoms. The van der Waals surface area contributed by atoms with Gasteiger partial charge in [0.15, 0.2) is 5.16 Å². The molecule has 0 radical (unpaired) electrons. The first-order valence-electron chi connectivity index (χ1n) is 20.3. The third kappa shape index (κ3) is 12.9. The SMILES string of the molecule is O=C(Nc1ccc(OC(=O)N2CCC(COn3cccn3)CC2)cc1)c1ccccc1.O=C(Nc1ccc(OC(=O)N2CCC(CSc3ncn[nH]3)CC2)cc1)c1ccccc1. The maximum absolute atomic E-state index is 12.5. The number of carbonyl (C=O) groups is 4. The predicted octanol–water partition coefficient (Wildman–Crippen LogP) is 7.54. The second kappa shape index (κ2) is 21.9. The zero-order chi connectivity index (χ0) is 42.9. The third-order valence-electron chi connectivity index (χ3n) is 10.2. The van der Waals surface area contributed by atoms with Crippen molar-refractivity contribution in [3.8, 4) is 11.5 Å². The van der Waals surface area contributed by atoms with Crippen LogP contribution in [0.1, 0.15) is 46.4 Å². The van der Waals surface area contributed by atoms with Crippen LogP contribution in [0.4, 0.5) is 21.0 Å². The molecule has 2 aliphatic rings. The van der Waals surface area contributed by atoms with Crippen molar-refractivity contribution in [2.45, 2.75) is 30.8 Å². The molecule has 2 aliphatic heterocycles. The van der Waals surface area contributed by atoms with E-state index in [1.165, 1.54) is 11.2 Å². The van der Waals surface area contributed by atoms with E-state index >= 15 is 0 Å². The molecular formula is C45H47N9O7S. The monoisotopic (exact) mass is 857 g/mol. The number of H-pyrrole nitrogens is 1. The number of benzene rings is 4. The van der Waals surface area contributed by atoms with Crippen LogP contribution in [-0.2, 0) is 0 Å². The van der Waals surface area contributed by atoms with E-state index in [1.807, 2.05) is 42.5 Å². The first-order chi connectivity index (χ1) is 30.3. The number of rotatable bonds is 12. The lowest BCUT2D eigenvalue weighted by Crippen LogP contribution is -2.41. The Balaban J connectivity index is 0.000000186. The van der Waals surface area contributed by atoms with Gasteiger partial charge in [0.1, 0.15) is 24.4 Å². The number of hydrogen-bond acceptors (Lipinski definition) is 11. The van der Waals surface area contributed by atoms with Gasteiger partial charge in [-0.2, -0.15) is 5.10 Å². The summed E-state index contributed by atoms with van der Waals surface area (Å²) < 4.78 is 11.0. The third-order valence-corrected chi connectivity index (χ3v) is 11.3. The van der Waals surface area contributed by atoms with Crippen molar-refractivity contribution in [1.29, 1.82) is 0 Å². The van der Waals surface area contributed by atoms with Crippen LogP contribution in [0, 0.1) is 11.8 Å². The van der Waals surface area contributed by atoms with Crippen molar-refractivity contribution in [1.82, 2.24) is 34.9 Å². The molecule has 2 fully saturated rings. The van der Waals surface area contributed by atoms with Gasteiger partial charge in [-0.15, -0.1) is 9.94 Å². The van der Waals surface area contributed by atoms with Crippen LogP contribution >= 0.6 is 11.8 Å². The Morgan fingerprint density at radius 2 is 1.15 bits per heavy atom. The van der Waals surface area contributed by atoms with Crippen LogP contribution < -0.4 is 24.9 Å². The average Bonchev–Trinajstić information content (AvgIpc) is 4.06. The van der Waals surface area contributed by atoms with Crippen molar-refractivity contribution >= 4 is 47.1 Å². The minimum Gasteiger partial charge on any atom is -0.410 e. The van der Waals surface area contributed by atoms with E-state index < -0.39 is 0 Å². The van der Waals surface area contributed by atoms with Gasteiger partial charge in [-0.05, 0) is 116 Å². The van der Waals surface area contributed by atoms with Gasteiger partial charge in [0.25, 0.3) is 11.8 Å². The Morgan fingerprint density at radius 1 is 0.645 bits per heavy atom. The summed E-state index contributed by atoms with van der Waals surface area (Å²) in [5.74, 6) is 2.37. The molecule has 17 heteroatoms. The van der Waals surface area contributed by atoms with Crippen LogP contribution in [0.25, 0.3) is 0 Å². The summed E-state index contributed by atoms with van der Waals surface area (Å²) in [6, 6.07) is 33.3. The van der Waals surface area contributed by atoms with Crippen LogP contribution in [0.15, 0.2) is 139 Å². The Labute approximate surface area is 362 Å². The van der Waals surface area contributed by atoms with Crippen LogP contribution in [0.2, 0.25) is 0 Å². The number of hydrogen-bond donors (Lipinski definition) is 3. The lowest BCUT2D eigenvalue weighted by atomic mass is 9.98. The Kier molecular flexibility index (Phi) is 15.2. The average molecular weight is 858 g/mol. The highest BCUT2D eigenvalue weighted by atomic mass is 32.2. The minimum absolute atomic E-state index is 0.185. The highest BCUT2D eigenvalue weighted by Gasteiger charge is 2.26. The highest BCUT2D eigenvalue weighted by molar-refractivity contribution is 7.99. The molecular weight excluding hydrogens is 811 g/mol. The van der Waals surface area contributed by atoms with Gasteiger partial charge in [-0.1, -0.05) is 48.2 Å². The molecule has 0 saturated carbocycles. The molecule has 2 saturated heterocycles. The number of amides is 4. The van der Waals surface area contributed by atoms with Gasteiger partial charge >= 0.3 is 12.2 Å². The predicted molar refractivity (Wildman–Crippen MR) is 233 cm³/mol. The molecule has 4 aromatic carbocycles. The molecule has 8 rings (SSSR count). The van der Waals surface area contributed by atoms with E-state index in [0.717, 1.165) is 36.6 Å². The van der Waals surface area contributed by atoms with Crippen molar-refractivity contribution in [3.63, 3.8) is 0 Å². The number of nitrogens with one attached hydrogen (secondary N) is 3. The molecule has 0 atom stereocenters. The minimum atomic E-state index is -0.368. The van der Waals surface area contributed by atoms with E-state index in [4.69, 9.17) is 14.3 Å². The van der Waals surface area contributed by atoms with Crippen LogP contribution in [0.5, 0.6) is 11.5 Å². The Hall–Kier alpha value is -7.14. The lowest BCUT2D eigenvalue weighted by molar-refractivity contribution is 0.0366. The van der Waals surface area contributed by atoms with Crippen molar-refractivity contribution in [2.75, 3.05) is 49.2 Å². The second-order valence-electron chi connectivity index (χ2n) is 14.6. The first kappa shape index (κ1) is 43.0. The number of ether oxygens (including phenoxy) is 2. The molecule has 16 nitrogen and oxygen atoms in total. The molecule has 0 unspecified atom stereocenters. The second-order valence-corrected chi connectivity index (χ2v) is 15.6. The fourth-order valence-corrected chi connectivity index (χ4v) is 7.63. The number of thioether (sulfide) groups is 1. The molecule has 0 bridgehead atoms. The van der Waals surface area contributed by atoms with Crippen molar-refractivity contribution in [3.05, 3.63) is 145 Å². The van der Waals surface area contributed by atoms with Crippen molar-refractivity contribution in [2.24, 2.45) is 11.8 Å². The lowest BCUT2D eigenvalue weighted by Gasteiger charge is -2.30. The molecule has 0 spiro atoms. The topological polar surface area (TPSA) is 186 Å². The summed E-state index contributed by atoms with van der Waals surface area (Å²) in [4.78, 5) is 63.9. The summed E-state index contributed by atoms with van der Waals surface area (Å²) in [5, 5.41) is 17.2. The molecule has 3 N–H and O–H groups in total. The van der Waals surface area contributed by atoms with Gasteiger partial charge in [-0.3, -0.25) is 14.7 Å². The smallest absolute Gasteiger partial charge is 0.410 e. The number of nitrogens with zero attached hydrogens (tertiary/aromatic N) is 6. The van der Waals surface area contributed by atoms with Gasteiger partial charge in [-0.25, -0.2) is 14.6 Å². The normalized spacial score (nSPS) is 14.2. The molecule has 4 amide bonds. The van der Waals surface area contributed by atoms with Crippen LogP contribution in [-0.4, -0.2) is 97.5 Å². The van der Waals surface area contributed by atoms with E-state index in [0.29, 0.717) is 78.6 Å². The van der Waals surface area contributed by atoms with Gasteiger partial charge < -0.3 is 34.7 Å². The zero-order valence-electron chi connectivity index (χ0n) is 33.9. The number of likely N-dealkylation sites (tertiary alicyclic amines) is 2. The summed E-state index contributed by atoms with van der Waals surface area (Å²) in [6.45, 7) is 3.16. The zero-order valence-corrected chi connectivity index (χ0v) is 34.7. The molecule has 4 heterocycles. The van der Waals surface area contributed by atoms with E-state index in [9.17, 15) is 19.2 Å².